The van der Waals surface area contributed by atoms with Crippen molar-refractivity contribution in [2.75, 3.05) is 19.5 Å². The molecule has 1 aromatic heterocycles. The van der Waals surface area contributed by atoms with E-state index in [0.29, 0.717) is 10.9 Å². The predicted molar refractivity (Wildman–Crippen MR) is 78.7 cm³/mol. The van der Waals surface area contributed by atoms with Crippen molar-refractivity contribution < 1.29 is 14.3 Å². The Morgan fingerprint density at radius 2 is 2.05 bits per heavy atom. The number of amides is 1. The van der Waals surface area contributed by atoms with Crippen LogP contribution in [0.2, 0.25) is 0 Å². The fourth-order valence-corrected chi connectivity index (χ4v) is 2.42. The molecule has 0 unspecified atom stereocenters. The molecule has 0 saturated heterocycles. The number of nitrogens with one attached hydrogen (secondary N) is 1. The van der Waals surface area contributed by atoms with E-state index in [1.54, 1.807) is 20.4 Å². The average molecular weight is 292 g/mol. The smallest absolute Gasteiger partial charge is 0.230 e. The molecule has 20 heavy (non-hydrogen) atoms. The van der Waals surface area contributed by atoms with E-state index in [1.165, 1.54) is 11.3 Å². The SMILES string of the molecule is COc1cc(CC(=O)Nc2nccs2)c(OC)cc1C. The summed E-state index contributed by atoms with van der Waals surface area (Å²) in [5.74, 6) is 1.28. The van der Waals surface area contributed by atoms with Crippen molar-refractivity contribution in [2.24, 2.45) is 0 Å². The molecule has 0 aliphatic heterocycles. The van der Waals surface area contributed by atoms with Gasteiger partial charge in [0, 0.05) is 17.1 Å². The molecule has 0 radical (unpaired) electrons. The van der Waals surface area contributed by atoms with Gasteiger partial charge in [-0.05, 0) is 24.6 Å². The molecule has 0 aliphatic carbocycles. The summed E-state index contributed by atoms with van der Waals surface area (Å²) in [7, 11) is 3.19. The number of thiazole rings is 1. The van der Waals surface area contributed by atoms with Crippen molar-refractivity contribution in [3.8, 4) is 11.5 Å². The number of methoxy groups -OCH3 is 2. The van der Waals surface area contributed by atoms with E-state index in [1.807, 2.05) is 24.4 Å². The Bertz CT molecular complexity index is 597. The number of carbonyl (C=O) groups excluding carboxylic acids is 1. The normalized spacial score (nSPS) is 10.2. The summed E-state index contributed by atoms with van der Waals surface area (Å²) < 4.78 is 10.6. The Labute approximate surface area is 121 Å². The van der Waals surface area contributed by atoms with E-state index in [-0.39, 0.29) is 12.3 Å². The van der Waals surface area contributed by atoms with Gasteiger partial charge in [-0.25, -0.2) is 4.98 Å². The van der Waals surface area contributed by atoms with Crippen LogP contribution in [0.4, 0.5) is 5.13 Å². The first-order valence-corrected chi connectivity index (χ1v) is 6.93. The summed E-state index contributed by atoms with van der Waals surface area (Å²) >= 11 is 1.38. The van der Waals surface area contributed by atoms with E-state index in [9.17, 15) is 4.79 Å². The molecule has 1 heterocycles. The van der Waals surface area contributed by atoms with Gasteiger partial charge >= 0.3 is 0 Å². The van der Waals surface area contributed by atoms with Crippen LogP contribution in [0.5, 0.6) is 11.5 Å². The Kier molecular flexibility index (Phi) is 4.57. The van der Waals surface area contributed by atoms with Gasteiger partial charge in [-0.2, -0.15) is 0 Å². The summed E-state index contributed by atoms with van der Waals surface area (Å²) in [5.41, 5.74) is 1.75. The summed E-state index contributed by atoms with van der Waals surface area (Å²) in [6.07, 6.45) is 1.86. The molecule has 0 bridgehead atoms. The van der Waals surface area contributed by atoms with Crippen LogP contribution in [-0.2, 0) is 11.2 Å². The Hall–Kier alpha value is -2.08. The lowest BCUT2D eigenvalue weighted by Crippen LogP contribution is -2.15. The molecular weight excluding hydrogens is 276 g/mol. The highest BCUT2D eigenvalue weighted by Gasteiger charge is 2.13. The van der Waals surface area contributed by atoms with Crippen LogP contribution >= 0.6 is 11.3 Å². The molecule has 0 fully saturated rings. The molecule has 1 amide bonds. The molecule has 1 aromatic carbocycles. The minimum atomic E-state index is -0.135. The zero-order chi connectivity index (χ0) is 14.5. The summed E-state index contributed by atoms with van der Waals surface area (Å²) in [6, 6.07) is 3.69. The number of anilines is 1. The molecule has 106 valence electrons. The number of hydrogen-bond donors (Lipinski definition) is 1. The monoisotopic (exact) mass is 292 g/mol. The third-order valence-electron chi connectivity index (χ3n) is 2.83. The first kappa shape index (κ1) is 14.3. The van der Waals surface area contributed by atoms with Crippen LogP contribution in [0.15, 0.2) is 23.7 Å². The van der Waals surface area contributed by atoms with Crippen LogP contribution in [0.1, 0.15) is 11.1 Å². The molecule has 2 rings (SSSR count). The zero-order valence-corrected chi connectivity index (χ0v) is 12.4. The maximum Gasteiger partial charge on any atom is 0.230 e. The van der Waals surface area contributed by atoms with E-state index in [2.05, 4.69) is 10.3 Å². The maximum atomic E-state index is 12.0. The molecule has 0 spiro atoms. The number of nitrogens with zero attached hydrogens (tertiary/aromatic N) is 1. The first-order chi connectivity index (χ1) is 9.63. The van der Waals surface area contributed by atoms with Crippen LogP contribution in [0.25, 0.3) is 0 Å². The van der Waals surface area contributed by atoms with Gasteiger partial charge in [0.1, 0.15) is 11.5 Å². The number of rotatable bonds is 5. The van der Waals surface area contributed by atoms with Crippen LogP contribution < -0.4 is 14.8 Å². The second kappa shape index (κ2) is 6.38. The molecule has 2 aromatic rings. The van der Waals surface area contributed by atoms with Gasteiger partial charge in [0.2, 0.25) is 5.91 Å². The van der Waals surface area contributed by atoms with Crippen molar-refractivity contribution in [1.29, 1.82) is 0 Å². The van der Waals surface area contributed by atoms with E-state index in [0.717, 1.165) is 16.9 Å². The zero-order valence-electron chi connectivity index (χ0n) is 11.6. The first-order valence-electron chi connectivity index (χ1n) is 6.05. The number of ether oxygens (including phenoxy) is 2. The summed E-state index contributed by atoms with van der Waals surface area (Å²) in [5, 5.41) is 5.15. The Morgan fingerprint density at radius 1 is 1.30 bits per heavy atom. The van der Waals surface area contributed by atoms with E-state index in [4.69, 9.17) is 9.47 Å². The van der Waals surface area contributed by atoms with Crippen LogP contribution in [-0.4, -0.2) is 25.1 Å². The lowest BCUT2D eigenvalue weighted by Gasteiger charge is -2.12. The fourth-order valence-electron chi connectivity index (χ4n) is 1.87. The lowest BCUT2D eigenvalue weighted by molar-refractivity contribution is -0.115. The third kappa shape index (κ3) is 3.27. The van der Waals surface area contributed by atoms with Gasteiger partial charge < -0.3 is 14.8 Å². The number of benzene rings is 1. The molecule has 1 N–H and O–H groups in total. The quantitative estimate of drug-likeness (QED) is 0.920. The molecule has 0 aliphatic rings. The van der Waals surface area contributed by atoms with Crippen molar-refractivity contribution in [3.05, 3.63) is 34.8 Å². The summed E-state index contributed by atoms with van der Waals surface area (Å²) in [4.78, 5) is 16.0. The van der Waals surface area contributed by atoms with Gasteiger partial charge in [-0.15, -0.1) is 11.3 Å². The third-order valence-corrected chi connectivity index (χ3v) is 3.52. The fraction of sp³-hybridized carbons (Fsp3) is 0.286. The van der Waals surface area contributed by atoms with Crippen LogP contribution in [0.3, 0.4) is 0 Å². The van der Waals surface area contributed by atoms with Crippen molar-refractivity contribution in [2.45, 2.75) is 13.3 Å². The topological polar surface area (TPSA) is 60.5 Å². The Balaban J connectivity index is 2.17. The van der Waals surface area contributed by atoms with Gasteiger partial charge in [-0.3, -0.25) is 4.79 Å². The van der Waals surface area contributed by atoms with Gasteiger partial charge in [0.25, 0.3) is 0 Å². The highest BCUT2D eigenvalue weighted by atomic mass is 32.1. The molecular formula is C14H16N2O3S. The van der Waals surface area contributed by atoms with Crippen LogP contribution in [0, 0.1) is 6.92 Å². The molecule has 6 heteroatoms. The number of aromatic nitrogens is 1. The highest BCUT2D eigenvalue weighted by molar-refractivity contribution is 7.13. The second-order valence-corrected chi connectivity index (χ2v) is 5.09. The van der Waals surface area contributed by atoms with E-state index < -0.39 is 0 Å². The van der Waals surface area contributed by atoms with Gasteiger partial charge in [-0.1, -0.05) is 0 Å². The minimum Gasteiger partial charge on any atom is -0.496 e. The largest absolute Gasteiger partial charge is 0.496 e. The van der Waals surface area contributed by atoms with Crippen molar-refractivity contribution in [1.82, 2.24) is 4.98 Å². The van der Waals surface area contributed by atoms with Gasteiger partial charge in [0.15, 0.2) is 5.13 Å². The number of carbonyl (C=O) groups is 1. The van der Waals surface area contributed by atoms with Gasteiger partial charge in [0.05, 0.1) is 20.6 Å². The number of hydrogen-bond acceptors (Lipinski definition) is 5. The second-order valence-electron chi connectivity index (χ2n) is 4.20. The molecule has 0 atom stereocenters. The molecule has 5 nitrogen and oxygen atoms in total. The molecule has 0 saturated carbocycles. The number of aryl methyl sites for hydroxylation is 1. The average Bonchev–Trinajstić information content (AvgIpc) is 2.92. The van der Waals surface area contributed by atoms with E-state index >= 15 is 0 Å². The highest BCUT2D eigenvalue weighted by Crippen LogP contribution is 2.28. The van der Waals surface area contributed by atoms with Crippen molar-refractivity contribution >= 4 is 22.4 Å². The maximum absolute atomic E-state index is 12.0. The van der Waals surface area contributed by atoms with Crippen molar-refractivity contribution in [3.63, 3.8) is 0 Å². The minimum absolute atomic E-state index is 0.135. The standard InChI is InChI=1S/C14H16N2O3S/c1-9-6-12(19-3)10(7-11(9)18-2)8-13(17)16-14-15-4-5-20-14/h4-7H,8H2,1-3H3,(H,15,16,17). The Morgan fingerprint density at radius 3 is 2.65 bits per heavy atom. The lowest BCUT2D eigenvalue weighted by atomic mass is 10.1. The summed E-state index contributed by atoms with van der Waals surface area (Å²) in [6.45, 7) is 1.93. The predicted octanol–water partition coefficient (Wildman–Crippen LogP) is 2.65.